The van der Waals surface area contributed by atoms with Crippen LogP contribution in [0.2, 0.25) is 0 Å². The minimum absolute atomic E-state index is 0.0290. The van der Waals surface area contributed by atoms with E-state index in [0.717, 1.165) is 25.1 Å². The van der Waals surface area contributed by atoms with Gasteiger partial charge in [-0.2, -0.15) is 0 Å². The number of likely N-dealkylation sites (tertiary alicyclic amines) is 1. The molecule has 1 heterocycles. The summed E-state index contributed by atoms with van der Waals surface area (Å²) in [5.74, 6) is 0.191. The van der Waals surface area contributed by atoms with E-state index in [0.29, 0.717) is 19.0 Å². The fourth-order valence-corrected chi connectivity index (χ4v) is 2.57. The number of nitrogens with one attached hydrogen (secondary N) is 1. The van der Waals surface area contributed by atoms with Crippen molar-refractivity contribution < 1.29 is 22.7 Å². The number of halogens is 3. The van der Waals surface area contributed by atoms with E-state index in [1.807, 2.05) is 0 Å². The van der Waals surface area contributed by atoms with Gasteiger partial charge in [-0.1, -0.05) is 12.1 Å². The summed E-state index contributed by atoms with van der Waals surface area (Å²) in [5.41, 5.74) is 0.940. The van der Waals surface area contributed by atoms with Crippen LogP contribution in [0.15, 0.2) is 24.3 Å². The van der Waals surface area contributed by atoms with Gasteiger partial charge in [0.2, 0.25) is 5.91 Å². The van der Waals surface area contributed by atoms with Crippen LogP contribution in [0.3, 0.4) is 0 Å². The SMILES string of the molecule is CC(=O)NC[C@@H]1CCN(Cc2ccc(OC(F)(F)F)cc2)C1. The van der Waals surface area contributed by atoms with Gasteiger partial charge in [-0.05, 0) is 36.6 Å². The maximum Gasteiger partial charge on any atom is 0.573 e. The maximum absolute atomic E-state index is 12.1. The van der Waals surface area contributed by atoms with Crippen LogP contribution in [0.5, 0.6) is 5.75 Å². The average Bonchev–Trinajstić information content (AvgIpc) is 2.85. The summed E-state index contributed by atoms with van der Waals surface area (Å²) in [4.78, 5) is 13.1. The van der Waals surface area contributed by atoms with Crippen LogP contribution < -0.4 is 10.1 Å². The zero-order valence-corrected chi connectivity index (χ0v) is 12.3. The van der Waals surface area contributed by atoms with Crippen LogP contribution in [-0.4, -0.2) is 36.8 Å². The van der Waals surface area contributed by atoms with Gasteiger partial charge in [-0.15, -0.1) is 13.2 Å². The minimum Gasteiger partial charge on any atom is -0.406 e. The first-order valence-electron chi connectivity index (χ1n) is 7.13. The van der Waals surface area contributed by atoms with Gasteiger partial charge in [0.25, 0.3) is 0 Å². The van der Waals surface area contributed by atoms with E-state index < -0.39 is 6.36 Å². The molecular weight excluding hydrogens is 297 g/mol. The van der Waals surface area contributed by atoms with E-state index in [9.17, 15) is 18.0 Å². The number of amides is 1. The molecule has 22 heavy (non-hydrogen) atoms. The highest BCUT2D eigenvalue weighted by atomic mass is 19.4. The third-order valence-corrected chi connectivity index (χ3v) is 3.57. The van der Waals surface area contributed by atoms with Gasteiger partial charge in [0.1, 0.15) is 5.75 Å². The molecular formula is C15H19F3N2O2. The average molecular weight is 316 g/mol. The molecule has 0 aliphatic carbocycles. The second-order valence-corrected chi connectivity index (χ2v) is 5.52. The third-order valence-electron chi connectivity index (χ3n) is 3.57. The predicted molar refractivity (Wildman–Crippen MR) is 75.2 cm³/mol. The summed E-state index contributed by atoms with van der Waals surface area (Å²) in [6.07, 6.45) is -3.65. The molecule has 7 heteroatoms. The molecule has 1 saturated heterocycles. The molecule has 0 saturated carbocycles. The van der Waals surface area contributed by atoms with Crippen LogP contribution in [-0.2, 0) is 11.3 Å². The Balaban J connectivity index is 1.81. The zero-order valence-electron chi connectivity index (χ0n) is 12.3. The van der Waals surface area contributed by atoms with Crippen molar-refractivity contribution in [1.29, 1.82) is 0 Å². The molecule has 1 amide bonds. The summed E-state index contributed by atoms with van der Waals surface area (Å²) in [6.45, 7) is 4.65. The Kier molecular flexibility index (Phi) is 5.28. The fourth-order valence-electron chi connectivity index (χ4n) is 2.57. The number of ether oxygens (including phenoxy) is 1. The van der Waals surface area contributed by atoms with Crippen molar-refractivity contribution >= 4 is 5.91 Å². The van der Waals surface area contributed by atoms with Crippen molar-refractivity contribution in [3.8, 4) is 5.75 Å². The van der Waals surface area contributed by atoms with Gasteiger partial charge < -0.3 is 10.1 Å². The molecule has 0 unspecified atom stereocenters. The van der Waals surface area contributed by atoms with Gasteiger partial charge in [0.05, 0.1) is 0 Å². The Morgan fingerprint density at radius 1 is 1.36 bits per heavy atom. The molecule has 1 N–H and O–H groups in total. The quantitative estimate of drug-likeness (QED) is 0.908. The van der Waals surface area contributed by atoms with Gasteiger partial charge in [0, 0.05) is 26.6 Å². The maximum atomic E-state index is 12.1. The van der Waals surface area contributed by atoms with Crippen LogP contribution >= 0.6 is 0 Å². The lowest BCUT2D eigenvalue weighted by molar-refractivity contribution is -0.274. The van der Waals surface area contributed by atoms with Gasteiger partial charge in [0.15, 0.2) is 0 Å². The number of hydrogen-bond acceptors (Lipinski definition) is 3. The van der Waals surface area contributed by atoms with Crippen molar-refractivity contribution in [2.75, 3.05) is 19.6 Å². The van der Waals surface area contributed by atoms with Gasteiger partial charge in [-0.3, -0.25) is 9.69 Å². The van der Waals surface area contributed by atoms with Crippen LogP contribution in [0.25, 0.3) is 0 Å². The fraction of sp³-hybridized carbons (Fsp3) is 0.533. The number of carbonyl (C=O) groups is 1. The number of benzene rings is 1. The van der Waals surface area contributed by atoms with Gasteiger partial charge >= 0.3 is 6.36 Å². The van der Waals surface area contributed by atoms with E-state index in [4.69, 9.17) is 0 Å². The lowest BCUT2D eigenvalue weighted by atomic mass is 10.1. The van der Waals surface area contributed by atoms with Crippen LogP contribution in [0, 0.1) is 5.92 Å². The number of hydrogen-bond donors (Lipinski definition) is 1. The third kappa shape index (κ3) is 5.55. The second-order valence-electron chi connectivity index (χ2n) is 5.52. The Hall–Kier alpha value is -1.76. The highest BCUT2D eigenvalue weighted by Crippen LogP contribution is 2.24. The number of alkyl halides is 3. The van der Waals surface area contributed by atoms with Crippen LogP contribution in [0.4, 0.5) is 13.2 Å². The Labute approximate surface area is 127 Å². The molecule has 1 aromatic rings. The summed E-state index contributed by atoms with van der Waals surface area (Å²) in [6, 6.07) is 5.94. The monoisotopic (exact) mass is 316 g/mol. The highest BCUT2D eigenvalue weighted by Gasteiger charge is 2.31. The predicted octanol–water partition coefficient (Wildman–Crippen LogP) is 2.54. The Morgan fingerprint density at radius 3 is 2.64 bits per heavy atom. The number of carbonyl (C=O) groups excluding carboxylic acids is 1. The molecule has 1 aliphatic rings. The lowest BCUT2D eigenvalue weighted by Crippen LogP contribution is -2.29. The number of nitrogens with zero attached hydrogens (tertiary/aromatic N) is 1. The topological polar surface area (TPSA) is 41.6 Å². The number of rotatable bonds is 5. The van der Waals surface area contributed by atoms with E-state index >= 15 is 0 Å². The summed E-state index contributed by atoms with van der Waals surface area (Å²) in [7, 11) is 0. The standard InChI is InChI=1S/C15H19F3N2O2/c1-11(21)19-8-13-6-7-20(10-13)9-12-2-4-14(5-3-12)22-15(16,17)18/h2-5,13H,6-10H2,1H3,(H,19,21)/t13-/m0/s1. The molecule has 4 nitrogen and oxygen atoms in total. The molecule has 0 radical (unpaired) electrons. The van der Waals surface area contributed by atoms with Crippen molar-refractivity contribution in [2.24, 2.45) is 5.92 Å². The van der Waals surface area contributed by atoms with Gasteiger partial charge in [-0.25, -0.2) is 0 Å². The van der Waals surface area contributed by atoms with Crippen molar-refractivity contribution in [3.05, 3.63) is 29.8 Å². The van der Waals surface area contributed by atoms with Crippen molar-refractivity contribution in [2.45, 2.75) is 26.3 Å². The molecule has 0 spiro atoms. The summed E-state index contributed by atoms with van der Waals surface area (Å²) in [5, 5.41) is 2.81. The molecule has 1 aliphatic heterocycles. The van der Waals surface area contributed by atoms with Crippen LogP contribution in [0.1, 0.15) is 18.9 Å². The van der Waals surface area contributed by atoms with Crippen molar-refractivity contribution in [3.63, 3.8) is 0 Å². The van der Waals surface area contributed by atoms with E-state index in [1.54, 1.807) is 12.1 Å². The Morgan fingerprint density at radius 2 is 2.05 bits per heavy atom. The first kappa shape index (κ1) is 16.6. The first-order chi connectivity index (χ1) is 10.3. The molecule has 1 atom stereocenters. The van der Waals surface area contributed by atoms with E-state index in [-0.39, 0.29) is 11.7 Å². The van der Waals surface area contributed by atoms with E-state index in [1.165, 1.54) is 19.1 Å². The molecule has 2 rings (SSSR count). The first-order valence-corrected chi connectivity index (χ1v) is 7.13. The zero-order chi connectivity index (χ0) is 16.2. The second kappa shape index (κ2) is 7.00. The Bertz CT molecular complexity index is 503. The molecule has 1 fully saturated rings. The van der Waals surface area contributed by atoms with E-state index in [2.05, 4.69) is 15.0 Å². The normalized spacial score (nSPS) is 19.2. The largest absolute Gasteiger partial charge is 0.573 e. The molecule has 1 aromatic carbocycles. The molecule has 122 valence electrons. The summed E-state index contributed by atoms with van der Waals surface area (Å²) >= 11 is 0. The van der Waals surface area contributed by atoms with Crippen molar-refractivity contribution in [1.82, 2.24) is 10.2 Å². The minimum atomic E-state index is -4.66. The summed E-state index contributed by atoms with van der Waals surface area (Å²) < 4.78 is 40.1. The molecule has 0 bridgehead atoms. The molecule has 0 aromatic heterocycles. The lowest BCUT2D eigenvalue weighted by Gasteiger charge is -2.16. The highest BCUT2D eigenvalue weighted by molar-refractivity contribution is 5.72. The smallest absolute Gasteiger partial charge is 0.406 e.